The van der Waals surface area contributed by atoms with E-state index in [1.807, 2.05) is 31.2 Å². The summed E-state index contributed by atoms with van der Waals surface area (Å²) in [5, 5.41) is 2.79. The molecular weight excluding hydrogens is 345 g/mol. The number of halogens is 1. The predicted molar refractivity (Wildman–Crippen MR) is 105 cm³/mol. The van der Waals surface area contributed by atoms with Gasteiger partial charge in [0.15, 0.2) is 17.7 Å². The molecule has 0 aliphatic carbocycles. The Hall–Kier alpha value is -2.56. The van der Waals surface area contributed by atoms with Crippen molar-refractivity contribution in [1.82, 2.24) is 5.32 Å². The van der Waals surface area contributed by atoms with Crippen molar-refractivity contribution in [2.75, 3.05) is 13.2 Å². The standard InChI is InChI=1S/C22H28FNO3/c1-5-18(27-20-13-9-7-11-17(20)23)21(25)24-14-15-26-19-12-8-6-10-16(19)22(2,3)4/h6-13,18H,5,14-15H2,1-4H3,(H,24,25)/t18-/m0/s1. The van der Waals surface area contributed by atoms with Crippen LogP contribution in [0.3, 0.4) is 0 Å². The fraction of sp³-hybridized carbons (Fsp3) is 0.409. The van der Waals surface area contributed by atoms with Crippen LogP contribution in [0.1, 0.15) is 39.7 Å². The van der Waals surface area contributed by atoms with Gasteiger partial charge in [-0.1, -0.05) is 58.0 Å². The normalized spacial score (nSPS) is 12.3. The predicted octanol–water partition coefficient (Wildman–Crippen LogP) is 4.48. The first-order valence-electron chi connectivity index (χ1n) is 9.24. The smallest absolute Gasteiger partial charge is 0.261 e. The van der Waals surface area contributed by atoms with Crippen LogP contribution in [0, 0.1) is 5.82 Å². The van der Waals surface area contributed by atoms with E-state index < -0.39 is 11.9 Å². The van der Waals surface area contributed by atoms with E-state index in [1.165, 1.54) is 12.1 Å². The molecule has 0 saturated carbocycles. The highest BCUT2D eigenvalue weighted by Crippen LogP contribution is 2.30. The Morgan fingerprint density at radius 3 is 2.33 bits per heavy atom. The van der Waals surface area contributed by atoms with Gasteiger partial charge in [-0.3, -0.25) is 4.79 Å². The average Bonchev–Trinajstić information content (AvgIpc) is 2.64. The summed E-state index contributed by atoms with van der Waals surface area (Å²) >= 11 is 0. The van der Waals surface area contributed by atoms with Crippen LogP contribution in [-0.2, 0) is 10.2 Å². The fourth-order valence-corrected chi connectivity index (χ4v) is 2.68. The molecule has 0 aliphatic rings. The van der Waals surface area contributed by atoms with Gasteiger partial charge >= 0.3 is 0 Å². The number of hydrogen-bond donors (Lipinski definition) is 1. The zero-order chi connectivity index (χ0) is 19.9. The number of hydrogen-bond acceptors (Lipinski definition) is 3. The van der Waals surface area contributed by atoms with Gasteiger partial charge in [-0.2, -0.15) is 0 Å². The molecule has 1 amide bonds. The van der Waals surface area contributed by atoms with Crippen LogP contribution in [0.15, 0.2) is 48.5 Å². The van der Waals surface area contributed by atoms with Crippen LogP contribution in [0.2, 0.25) is 0 Å². The first kappa shape index (κ1) is 20.7. The fourth-order valence-electron chi connectivity index (χ4n) is 2.68. The van der Waals surface area contributed by atoms with Crippen LogP contribution in [0.5, 0.6) is 11.5 Å². The maximum absolute atomic E-state index is 13.7. The highest BCUT2D eigenvalue weighted by molar-refractivity contribution is 5.81. The van der Waals surface area contributed by atoms with E-state index in [0.29, 0.717) is 19.6 Å². The lowest BCUT2D eigenvalue weighted by Crippen LogP contribution is -2.40. The van der Waals surface area contributed by atoms with E-state index in [9.17, 15) is 9.18 Å². The summed E-state index contributed by atoms with van der Waals surface area (Å²) in [6.45, 7) is 8.89. The molecule has 0 saturated heterocycles. The number of amides is 1. The van der Waals surface area contributed by atoms with Crippen molar-refractivity contribution >= 4 is 5.91 Å². The minimum atomic E-state index is -0.747. The van der Waals surface area contributed by atoms with Gasteiger partial charge in [0.05, 0.1) is 6.54 Å². The Morgan fingerprint density at radius 1 is 1.07 bits per heavy atom. The summed E-state index contributed by atoms with van der Waals surface area (Å²) in [6, 6.07) is 14.0. The molecule has 0 heterocycles. The number of nitrogens with one attached hydrogen (secondary N) is 1. The molecule has 0 unspecified atom stereocenters. The van der Waals surface area contributed by atoms with Crippen molar-refractivity contribution in [2.45, 2.75) is 45.6 Å². The Balaban J connectivity index is 1.86. The number of carbonyl (C=O) groups is 1. The second-order valence-electron chi connectivity index (χ2n) is 7.33. The molecule has 0 aliphatic heterocycles. The van der Waals surface area contributed by atoms with Crippen molar-refractivity contribution in [3.63, 3.8) is 0 Å². The van der Waals surface area contributed by atoms with Crippen molar-refractivity contribution in [3.8, 4) is 11.5 Å². The second kappa shape index (κ2) is 9.40. The summed E-state index contributed by atoms with van der Waals surface area (Å²) < 4.78 is 25.1. The first-order chi connectivity index (χ1) is 12.8. The van der Waals surface area contributed by atoms with Crippen molar-refractivity contribution < 1.29 is 18.7 Å². The SMILES string of the molecule is CC[C@H](Oc1ccccc1F)C(=O)NCCOc1ccccc1C(C)(C)C. The van der Waals surface area contributed by atoms with Crippen LogP contribution < -0.4 is 14.8 Å². The van der Waals surface area contributed by atoms with E-state index in [2.05, 4.69) is 26.1 Å². The molecule has 2 rings (SSSR count). The molecule has 146 valence electrons. The van der Waals surface area contributed by atoms with Crippen molar-refractivity contribution in [2.24, 2.45) is 0 Å². The highest BCUT2D eigenvalue weighted by Gasteiger charge is 2.20. The molecule has 1 N–H and O–H groups in total. The molecule has 0 radical (unpaired) electrons. The van der Waals surface area contributed by atoms with E-state index >= 15 is 0 Å². The number of para-hydroxylation sites is 2. The van der Waals surface area contributed by atoms with Crippen molar-refractivity contribution in [1.29, 1.82) is 0 Å². The average molecular weight is 373 g/mol. The van der Waals surface area contributed by atoms with Gasteiger partial charge in [-0.05, 0) is 35.6 Å². The van der Waals surface area contributed by atoms with E-state index in [-0.39, 0.29) is 17.1 Å². The maximum atomic E-state index is 13.7. The third-order valence-electron chi connectivity index (χ3n) is 4.12. The topological polar surface area (TPSA) is 47.6 Å². The zero-order valence-electron chi connectivity index (χ0n) is 16.4. The highest BCUT2D eigenvalue weighted by atomic mass is 19.1. The van der Waals surface area contributed by atoms with E-state index in [1.54, 1.807) is 12.1 Å². The molecule has 27 heavy (non-hydrogen) atoms. The van der Waals surface area contributed by atoms with E-state index in [4.69, 9.17) is 9.47 Å². The molecule has 2 aromatic rings. The molecule has 4 nitrogen and oxygen atoms in total. The minimum absolute atomic E-state index is 0.0270. The third-order valence-corrected chi connectivity index (χ3v) is 4.12. The first-order valence-corrected chi connectivity index (χ1v) is 9.24. The molecule has 2 aromatic carbocycles. The van der Waals surface area contributed by atoms with E-state index in [0.717, 1.165) is 11.3 Å². The van der Waals surface area contributed by atoms with Gasteiger partial charge < -0.3 is 14.8 Å². The Kier molecular flexibility index (Phi) is 7.22. The van der Waals surface area contributed by atoms with Gasteiger partial charge in [0.25, 0.3) is 5.91 Å². The molecule has 0 spiro atoms. The molecular formula is C22H28FNO3. The summed E-state index contributed by atoms with van der Waals surface area (Å²) in [7, 11) is 0. The van der Waals surface area contributed by atoms with Crippen LogP contribution >= 0.6 is 0 Å². The van der Waals surface area contributed by atoms with Gasteiger partial charge in [-0.15, -0.1) is 0 Å². The number of benzene rings is 2. The third kappa shape index (κ3) is 5.98. The van der Waals surface area contributed by atoms with Crippen LogP contribution in [0.25, 0.3) is 0 Å². The molecule has 1 atom stereocenters. The van der Waals surface area contributed by atoms with Crippen LogP contribution in [-0.4, -0.2) is 25.2 Å². The Labute approximate surface area is 160 Å². The second-order valence-corrected chi connectivity index (χ2v) is 7.33. The molecule has 5 heteroatoms. The lowest BCUT2D eigenvalue weighted by Gasteiger charge is -2.23. The summed E-state index contributed by atoms with van der Waals surface area (Å²) in [4.78, 5) is 12.3. The molecule has 0 bridgehead atoms. The van der Waals surface area contributed by atoms with Crippen molar-refractivity contribution in [3.05, 3.63) is 59.9 Å². The maximum Gasteiger partial charge on any atom is 0.261 e. The summed E-state index contributed by atoms with van der Waals surface area (Å²) in [5.41, 5.74) is 1.09. The van der Waals surface area contributed by atoms with Crippen LogP contribution in [0.4, 0.5) is 4.39 Å². The number of ether oxygens (including phenoxy) is 2. The Bertz CT molecular complexity index is 755. The molecule has 0 fully saturated rings. The lowest BCUT2D eigenvalue weighted by molar-refractivity contribution is -0.128. The minimum Gasteiger partial charge on any atom is -0.491 e. The quantitative estimate of drug-likeness (QED) is 0.694. The number of carbonyl (C=O) groups excluding carboxylic acids is 1. The summed E-state index contributed by atoms with van der Waals surface area (Å²) in [6.07, 6.45) is -0.308. The Morgan fingerprint density at radius 2 is 1.70 bits per heavy atom. The number of rotatable bonds is 8. The summed E-state index contributed by atoms with van der Waals surface area (Å²) in [5.74, 6) is 0.128. The van der Waals surface area contributed by atoms with Gasteiger partial charge in [-0.25, -0.2) is 4.39 Å². The lowest BCUT2D eigenvalue weighted by atomic mass is 9.86. The largest absolute Gasteiger partial charge is 0.491 e. The monoisotopic (exact) mass is 373 g/mol. The van der Waals surface area contributed by atoms with Gasteiger partial charge in [0.2, 0.25) is 0 Å². The van der Waals surface area contributed by atoms with Gasteiger partial charge in [0.1, 0.15) is 12.4 Å². The zero-order valence-corrected chi connectivity index (χ0v) is 16.4. The van der Waals surface area contributed by atoms with Gasteiger partial charge in [0, 0.05) is 0 Å². The molecule has 0 aromatic heterocycles.